The van der Waals surface area contributed by atoms with Crippen molar-refractivity contribution in [2.75, 3.05) is 0 Å². The molecule has 1 aliphatic rings. The van der Waals surface area contributed by atoms with Crippen LogP contribution in [0, 0.1) is 10.1 Å². The van der Waals surface area contributed by atoms with Gasteiger partial charge in [-0.25, -0.2) is 0 Å². The van der Waals surface area contributed by atoms with Crippen LogP contribution in [0.2, 0.25) is 0 Å². The summed E-state index contributed by atoms with van der Waals surface area (Å²) in [5.41, 5.74) is -0.0295. The van der Waals surface area contributed by atoms with Gasteiger partial charge in [-0.2, -0.15) is 0 Å². The number of hydrogen-bond acceptors (Lipinski definition) is 4. The Labute approximate surface area is 74.5 Å². The number of pyridine rings is 1. The zero-order valence-corrected chi connectivity index (χ0v) is 6.84. The van der Waals surface area contributed by atoms with Gasteiger partial charge in [-0.05, 0) is 12.8 Å². The van der Waals surface area contributed by atoms with Gasteiger partial charge in [0.2, 0.25) is 0 Å². The first-order valence-electron chi connectivity index (χ1n) is 4.02. The topological polar surface area (TPSA) is 65.3 Å². The highest BCUT2D eigenvalue weighted by Gasteiger charge is 2.24. The fourth-order valence-electron chi connectivity index (χ4n) is 0.950. The molecule has 1 aliphatic carbocycles. The van der Waals surface area contributed by atoms with Crippen LogP contribution in [0.15, 0.2) is 18.5 Å². The number of rotatable bonds is 3. The van der Waals surface area contributed by atoms with Crippen molar-refractivity contribution in [2.45, 2.75) is 18.9 Å². The monoisotopic (exact) mass is 180 g/mol. The molecule has 0 N–H and O–H groups in total. The van der Waals surface area contributed by atoms with Crippen molar-refractivity contribution in [3.8, 4) is 5.75 Å². The standard InChI is InChI=1S/C8H8N2O3/c11-10(12)6-3-8(5-9-4-6)13-7-1-2-7/h3-5,7H,1-2H2. The summed E-state index contributed by atoms with van der Waals surface area (Å²) in [6, 6.07) is 1.39. The number of nitro groups is 1. The Kier molecular flexibility index (Phi) is 1.84. The van der Waals surface area contributed by atoms with Crippen LogP contribution in [-0.2, 0) is 0 Å². The molecule has 1 heterocycles. The molecule has 0 bridgehead atoms. The van der Waals surface area contributed by atoms with Crippen molar-refractivity contribution in [2.24, 2.45) is 0 Å². The van der Waals surface area contributed by atoms with Crippen LogP contribution in [0.3, 0.4) is 0 Å². The summed E-state index contributed by atoms with van der Waals surface area (Å²) < 4.78 is 5.35. The maximum Gasteiger partial charge on any atom is 0.291 e. The molecule has 5 heteroatoms. The Balaban J connectivity index is 2.15. The van der Waals surface area contributed by atoms with Crippen molar-refractivity contribution in [1.29, 1.82) is 0 Å². The van der Waals surface area contributed by atoms with E-state index in [0.717, 1.165) is 12.8 Å². The molecular formula is C8H8N2O3. The molecule has 2 rings (SSSR count). The number of aromatic nitrogens is 1. The van der Waals surface area contributed by atoms with Crippen LogP contribution < -0.4 is 4.74 Å². The molecule has 1 aromatic heterocycles. The van der Waals surface area contributed by atoms with E-state index in [4.69, 9.17) is 4.74 Å². The lowest BCUT2D eigenvalue weighted by atomic mass is 10.4. The van der Waals surface area contributed by atoms with Crippen molar-refractivity contribution >= 4 is 5.69 Å². The summed E-state index contributed by atoms with van der Waals surface area (Å²) in [6.07, 6.45) is 5.00. The second-order valence-corrected chi connectivity index (χ2v) is 2.95. The summed E-state index contributed by atoms with van der Waals surface area (Å²) in [5.74, 6) is 0.483. The van der Waals surface area contributed by atoms with Gasteiger partial charge >= 0.3 is 0 Å². The molecule has 1 aromatic rings. The van der Waals surface area contributed by atoms with Crippen LogP contribution in [0.1, 0.15) is 12.8 Å². The Morgan fingerprint density at radius 3 is 2.92 bits per heavy atom. The molecule has 0 spiro atoms. The summed E-state index contributed by atoms with van der Waals surface area (Å²) >= 11 is 0. The minimum Gasteiger partial charge on any atom is -0.489 e. The first-order valence-corrected chi connectivity index (χ1v) is 4.02. The van der Waals surface area contributed by atoms with Gasteiger partial charge in [0.25, 0.3) is 5.69 Å². The SMILES string of the molecule is O=[N+]([O-])c1cncc(OC2CC2)c1. The van der Waals surface area contributed by atoms with Crippen LogP contribution >= 0.6 is 0 Å². The second kappa shape index (κ2) is 3.01. The van der Waals surface area contributed by atoms with Crippen molar-refractivity contribution in [3.63, 3.8) is 0 Å². The molecule has 1 fully saturated rings. The van der Waals surface area contributed by atoms with Crippen LogP contribution in [-0.4, -0.2) is 16.0 Å². The molecule has 13 heavy (non-hydrogen) atoms. The summed E-state index contributed by atoms with van der Waals surface area (Å²) in [7, 11) is 0. The molecule has 0 aliphatic heterocycles. The summed E-state index contributed by atoms with van der Waals surface area (Å²) in [4.78, 5) is 13.6. The zero-order chi connectivity index (χ0) is 9.26. The maximum absolute atomic E-state index is 10.4. The fourth-order valence-corrected chi connectivity index (χ4v) is 0.950. The number of nitrogens with zero attached hydrogens (tertiary/aromatic N) is 2. The number of ether oxygens (including phenoxy) is 1. The van der Waals surface area contributed by atoms with Crippen molar-refractivity contribution < 1.29 is 9.66 Å². The Bertz CT molecular complexity index is 336. The Morgan fingerprint density at radius 2 is 2.31 bits per heavy atom. The molecule has 0 saturated heterocycles. The quantitative estimate of drug-likeness (QED) is 0.522. The average molecular weight is 180 g/mol. The molecule has 0 aromatic carbocycles. The van der Waals surface area contributed by atoms with Gasteiger partial charge in [0.15, 0.2) is 0 Å². The van der Waals surface area contributed by atoms with Gasteiger partial charge in [-0.15, -0.1) is 0 Å². The van der Waals surface area contributed by atoms with E-state index in [1.54, 1.807) is 0 Å². The lowest BCUT2D eigenvalue weighted by molar-refractivity contribution is -0.385. The van der Waals surface area contributed by atoms with E-state index >= 15 is 0 Å². The highest BCUT2D eigenvalue weighted by atomic mass is 16.6. The van der Waals surface area contributed by atoms with Crippen LogP contribution in [0.5, 0.6) is 5.75 Å². The highest BCUT2D eigenvalue weighted by molar-refractivity contribution is 5.33. The normalized spacial score (nSPS) is 15.4. The summed E-state index contributed by atoms with van der Waals surface area (Å²) in [6.45, 7) is 0. The Morgan fingerprint density at radius 1 is 1.54 bits per heavy atom. The second-order valence-electron chi connectivity index (χ2n) is 2.95. The first-order chi connectivity index (χ1) is 6.25. The highest BCUT2D eigenvalue weighted by Crippen LogP contribution is 2.27. The van der Waals surface area contributed by atoms with Gasteiger partial charge in [0, 0.05) is 0 Å². The molecular weight excluding hydrogens is 172 g/mol. The zero-order valence-electron chi connectivity index (χ0n) is 6.84. The lowest BCUT2D eigenvalue weighted by Gasteiger charge is -2.01. The third-order valence-electron chi connectivity index (χ3n) is 1.74. The molecule has 5 nitrogen and oxygen atoms in total. The lowest BCUT2D eigenvalue weighted by Crippen LogP contribution is -1.97. The predicted molar refractivity (Wildman–Crippen MR) is 44.5 cm³/mol. The number of hydrogen-bond donors (Lipinski definition) is 0. The van der Waals surface area contributed by atoms with E-state index < -0.39 is 4.92 Å². The minimum absolute atomic E-state index is 0.0295. The van der Waals surface area contributed by atoms with Crippen molar-refractivity contribution in [3.05, 3.63) is 28.6 Å². The fraction of sp³-hybridized carbons (Fsp3) is 0.375. The van der Waals surface area contributed by atoms with Crippen LogP contribution in [0.25, 0.3) is 0 Å². The third kappa shape index (κ3) is 1.93. The molecule has 0 amide bonds. The molecule has 0 radical (unpaired) electrons. The predicted octanol–water partition coefficient (Wildman–Crippen LogP) is 1.53. The van der Waals surface area contributed by atoms with Gasteiger partial charge in [0.05, 0.1) is 23.3 Å². The average Bonchev–Trinajstić information content (AvgIpc) is 2.89. The largest absolute Gasteiger partial charge is 0.489 e. The van der Waals surface area contributed by atoms with Gasteiger partial charge in [-0.3, -0.25) is 15.1 Å². The van der Waals surface area contributed by atoms with Crippen molar-refractivity contribution in [1.82, 2.24) is 4.98 Å². The van der Waals surface area contributed by atoms with E-state index in [0.29, 0.717) is 5.75 Å². The van der Waals surface area contributed by atoms with E-state index in [-0.39, 0.29) is 11.8 Å². The van der Waals surface area contributed by atoms with Gasteiger partial charge < -0.3 is 4.74 Å². The molecule has 1 saturated carbocycles. The molecule has 0 atom stereocenters. The van der Waals surface area contributed by atoms with E-state index in [2.05, 4.69) is 4.98 Å². The van der Waals surface area contributed by atoms with E-state index in [9.17, 15) is 10.1 Å². The van der Waals surface area contributed by atoms with E-state index in [1.807, 2.05) is 0 Å². The first kappa shape index (κ1) is 7.97. The summed E-state index contributed by atoms with van der Waals surface area (Å²) in [5, 5.41) is 10.4. The molecule has 0 unspecified atom stereocenters. The van der Waals surface area contributed by atoms with Gasteiger partial charge in [-0.1, -0.05) is 0 Å². The van der Waals surface area contributed by atoms with Gasteiger partial charge in [0.1, 0.15) is 11.9 Å². The Hall–Kier alpha value is -1.65. The van der Waals surface area contributed by atoms with E-state index in [1.165, 1.54) is 18.5 Å². The third-order valence-corrected chi connectivity index (χ3v) is 1.74. The molecule has 68 valence electrons. The minimum atomic E-state index is -0.479. The maximum atomic E-state index is 10.4. The van der Waals surface area contributed by atoms with Crippen LogP contribution in [0.4, 0.5) is 5.69 Å². The smallest absolute Gasteiger partial charge is 0.291 e.